The lowest BCUT2D eigenvalue weighted by atomic mass is 10.1. The van der Waals surface area contributed by atoms with E-state index in [2.05, 4.69) is 10.6 Å². The van der Waals surface area contributed by atoms with Gasteiger partial charge in [0.15, 0.2) is 6.10 Å². The molecule has 2 atom stereocenters. The minimum absolute atomic E-state index is 0.0364. The Morgan fingerprint density at radius 2 is 1.97 bits per heavy atom. The molecule has 1 aliphatic rings. The van der Waals surface area contributed by atoms with Gasteiger partial charge in [0, 0.05) is 13.2 Å². The minimum atomic E-state index is -0.775. The molecule has 0 spiro atoms. The molecule has 1 fully saturated rings. The van der Waals surface area contributed by atoms with E-state index in [1.807, 2.05) is 6.92 Å². The van der Waals surface area contributed by atoms with Crippen molar-refractivity contribution in [1.82, 2.24) is 5.32 Å². The highest BCUT2D eigenvalue weighted by atomic mass is 19.1. The van der Waals surface area contributed by atoms with Crippen molar-refractivity contribution >= 4 is 17.5 Å². The number of amides is 2. The van der Waals surface area contributed by atoms with E-state index in [9.17, 15) is 14.0 Å². The Balaban J connectivity index is 1.64. The molecule has 1 heterocycles. The number of carbonyl (C=O) groups is 2. The molecule has 2 aromatic carbocycles. The standard InChI is InChI=1S/C22H25FN2O4/c1-2-20(29-16-11-9-15(23)10-12-16)22(27)25-19-8-4-3-7-18(19)21(26)24-14-17-6-5-13-28-17/h3-4,7-12,17,20H,2,5-6,13-14H2,1H3,(H,24,26)(H,25,27)/t17-,20+/m1/s1. The molecule has 29 heavy (non-hydrogen) atoms. The van der Waals surface area contributed by atoms with Gasteiger partial charge in [-0.1, -0.05) is 19.1 Å². The van der Waals surface area contributed by atoms with Crippen LogP contribution in [0, 0.1) is 5.82 Å². The van der Waals surface area contributed by atoms with Gasteiger partial charge in [-0.2, -0.15) is 0 Å². The van der Waals surface area contributed by atoms with Crippen molar-refractivity contribution in [1.29, 1.82) is 0 Å². The van der Waals surface area contributed by atoms with Gasteiger partial charge in [0.2, 0.25) is 0 Å². The Morgan fingerprint density at radius 3 is 2.66 bits per heavy atom. The zero-order valence-corrected chi connectivity index (χ0v) is 16.3. The van der Waals surface area contributed by atoms with Crippen molar-refractivity contribution in [3.63, 3.8) is 0 Å². The maximum atomic E-state index is 13.1. The molecule has 7 heteroatoms. The lowest BCUT2D eigenvalue weighted by molar-refractivity contribution is -0.122. The third-order valence-electron chi connectivity index (χ3n) is 4.70. The maximum absolute atomic E-state index is 13.1. The van der Waals surface area contributed by atoms with Crippen LogP contribution in [0.15, 0.2) is 48.5 Å². The van der Waals surface area contributed by atoms with Gasteiger partial charge in [0.05, 0.1) is 17.4 Å². The van der Waals surface area contributed by atoms with Crippen molar-refractivity contribution < 1.29 is 23.5 Å². The van der Waals surface area contributed by atoms with E-state index in [1.54, 1.807) is 24.3 Å². The minimum Gasteiger partial charge on any atom is -0.481 e. The smallest absolute Gasteiger partial charge is 0.265 e. The first-order valence-electron chi connectivity index (χ1n) is 9.78. The summed E-state index contributed by atoms with van der Waals surface area (Å²) < 4.78 is 24.2. The van der Waals surface area contributed by atoms with Crippen LogP contribution < -0.4 is 15.4 Å². The number of halogens is 1. The van der Waals surface area contributed by atoms with Crippen LogP contribution in [0.5, 0.6) is 5.75 Å². The van der Waals surface area contributed by atoms with Crippen LogP contribution in [0.25, 0.3) is 0 Å². The van der Waals surface area contributed by atoms with Gasteiger partial charge in [-0.3, -0.25) is 9.59 Å². The number of carbonyl (C=O) groups excluding carboxylic acids is 2. The van der Waals surface area contributed by atoms with Crippen molar-refractivity contribution in [2.24, 2.45) is 0 Å². The number of nitrogens with one attached hydrogen (secondary N) is 2. The summed E-state index contributed by atoms with van der Waals surface area (Å²) in [4.78, 5) is 25.3. The summed E-state index contributed by atoms with van der Waals surface area (Å²) in [6.07, 6.45) is 1.60. The Hall–Kier alpha value is -2.93. The summed E-state index contributed by atoms with van der Waals surface area (Å²) in [6.45, 7) is 2.97. The molecule has 0 aliphatic carbocycles. The topological polar surface area (TPSA) is 76.7 Å². The first-order chi connectivity index (χ1) is 14.1. The Kier molecular flexibility index (Phi) is 7.19. The SMILES string of the molecule is CC[C@H](Oc1ccc(F)cc1)C(=O)Nc1ccccc1C(=O)NC[C@H]1CCCO1. The molecule has 0 radical (unpaired) electrons. The quantitative estimate of drug-likeness (QED) is 0.711. The second-order valence-electron chi connectivity index (χ2n) is 6.85. The number of anilines is 1. The van der Waals surface area contributed by atoms with E-state index in [0.717, 1.165) is 19.4 Å². The van der Waals surface area contributed by atoms with Crippen LogP contribution in [0.3, 0.4) is 0 Å². The van der Waals surface area contributed by atoms with Gasteiger partial charge in [0.25, 0.3) is 11.8 Å². The third kappa shape index (κ3) is 5.77. The highest BCUT2D eigenvalue weighted by Crippen LogP contribution is 2.19. The van der Waals surface area contributed by atoms with E-state index in [1.165, 1.54) is 24.3 Å². The van der Waals surface area contributed by atoms with Crippen molar-refractivity contribution in [2.45, 2.75) is 38.4 Å². The number of rotatable bonds is 8. The van der Waals surface area contributed by atoms with E-state index in [4.69, 9.17) is 9.47 Å². The van der Waals surface area contributed by atoms with Crippen LogP contribution >= 0.6 is 0 Å². The zero-order valence-electron chi connectivity index (χ0n) is 16.3. The molecule has 0 unspecified atom stereocenters. The fraction of sp³-hybridized carbons (Fsp3) is 0.364. The Labute approximate surface area is 169 Å². The molecule has 0 saturated carbocycles. The second-order valence-corrected chi connectivity index (χ2v) is 6.85. The predicted octanol–water partition coefficient (Wildman–Crippen LogP) is 3.53. The zero-order chi connectivity index (χ0) is 20.6. The molecular formula is C22H25FN2O4. The summed E-state index contributed by atoms with van der Waals surface area (Å²) >= 11 is 0. The largest absolute Gasteiger partial charge is 0.481 e. The maximum Gasteiger partial charge on any atom is 0.265 e. The second kappa shape index (κ2) is 10.0. The molecular weight excluding hydrogens is 375 g/mol. The predicted molar refractivity (Wildman–Crippen MR) is 107 cm³/mol. The lowest BCUT2D eigenvalue weighted by Crippen LogP contribution is -2.35. The fourth-order valence-corrected chi connectivity index (χ4v) is 3.11. The van der Waals surface area contributed by atoms with Gasteiger partial charge in [-0.05, 0) is 55.7 Å². The molecule has 2 aromatic rings. The summed E-state index contributed by atoms with van der Waals surface area (Å²) in [5.41, 5.74) is 0.777. The number of hydrogen-bond donors (Lipinski definition) is 2. The summed E-state index contributed by atoms with van der Waals surface area (Å²) in [7, 11) is 0. The number of benzene rings is 2. The van der Waals surface area contributed by atoms with E-state index >= 15 is 0 Å². The van der Waals surface area contributed by atoms with E-state index in [-0.39, 0.29) is 23.7 Å². The Morgan fingerprint density at radius 1 is 1.21 bits per heavy atom. The molecule has 0 bridgehead atoms. The molecule has 1 aliphatic heterocycles. The van der Waals surface area contributed by atoms with E-state index < -0.39 is 6.10 Å². The van der Waals surface area contributed by atoms with Crippen LogP contribution in [-0.4, -0.2) is 37.2 Å². The summed E-state index contributed by atoms with van der Waals surface area (Å²) in [6, 6.07) is 12.3. The first kappa shape index (κ1) is 20.8. The summed E-state index contributed by atoms with van der Waals surface area (Å²) in [5, 5.41) is 5.63. The molecule has 1 saturated heterocycles. The molecule has 2 N–H and O–H groups in total. The molecule has 3 rings (SSSR count). The van der Waals surface area contributed by atoms with Crippen LogP contribution in [0.1, 0.15) is 36.5 Å². The average molecular weight is 400 g/mol. The fourth-order valence-electron chi connectivity index (χ4n) is 3.11. The highest BCUT2D eigenvalue weighted by Gasteiger charge is 2.22. The van der Waals surface area contributed by atoms with E-state index in [0.29, 0.717) is 30.0 Å². The first-order valence-corrected chi connectivity index (χ1v) is 9.78. The van der Waals surface area contributed by atoms with Gasteiger partial charge < -0.3 is 20.1 Å². The van der Waals surface area contributed by atoms with Crippen molar-refractivity contribution in [3.05, 3.63) is 59.9 Å². The van der Waals surface area contributed by atoms with Crippen LogP contribution in [-0.2, 0) is 9.53 Å². The van der Waals surface area contributed by atoms with Crippen molar-refractivity contribution in [3.8, 4) is 5.75 Å². The Bertz CT molecular complexity index is 835. The lowest BCUT2D eigenvalue weighted by Gasteiger charge is -2.19. The normalized spacial score (nSPS) is 16.8. The number of para-hydroxylation sites is 1. The van der Waals surface area contributed by atoms with Gasteiger partial charge in [-0.15, -0.1) is 0 Å². The molecule has 2 amide bonds. The van der Waals surface area contributed by atoms with Gasteiger partial charge >= 0.3 is 0 Å². The molecule has 154 valence electrons. The average Bonchev–Trinajstić information content (AvgIpc) is 3.25. The van der Waals surface area contributed by atoms with Gasteiger partial charge in [-0.25, -0.2) is 4.39 Å². The monoisotopic (exact) mass is 400 g/mol. The molecule has 6 nitrogen and oxygen atoms in total. The number of hydrogen-bond acceptors (Lipinski definition) is 4. The number of ether oxygens (including phenoxy) is 2. The molecule has 0 aromatic heterocycles. The van der Waals surface area contributed by atoms with Crippen molar-refractivity contribution in [2.75, 3.05) is 18.5 Å². The van der Waals surface area contributed by atoms with Gasteiger partial charge in [0.1, 0.15) is 11.6 Å². The van der Waals surface area contributed by atoms with Crippen LogP contribution in [0.2, 0.25) is 0 Å². The third-order valence-corrected chi connectivity index (χ3v) is 4.70. The highest BCUT2D eigenvalue weighted by molar-refractivity contribution is 6.04. The van der Waals surface area contributed by atoms with Crippen LogP contribution in [0.4, 0.5) is 10.1 Å². The summed E-state index contributed by atoms with van der Waals surface area (Å²) in [5.74, 6) is -0.631.